The predicted molar refractivity (Wildman–Crippen MR) is 65.3 cm³/mol. The number of pyridine rings is 2. The molecule has 6 heteroatoms. The van der Waals surface area contributed by atoms with Crippen LogP contribution in [0.2, 0.25) is 5.02 Å². The third-order valence-corrected chi connectivity index (χ3v) is 3.30. The van der Waals surface area contributed by atoms with Gasteiger partial charge < -0.3 is 0 Å². The van der Waals surface area contributed by atoms with Gasteiger partial charge in [0, 0.05) is 16.9 Å². The molecule has 2 rings (SSSR count). The highest BCUT2D eigenvalue weighted by Gasteiger charge is 2.07. The molecule has 2 heterocycles. The first-order chi connectivity index (χ1) is 7.65. The van der Waals surface area contributed by atoms with E-state index in [0.29, 0.717) is 5.03 Å². The first-order valence-corrected chi connectivity index (χ1v) is 6.24. The molecule has 0 aromatic carbocycles. The first-order valence-electron chi connectivity index (χ1n) is 4.25. The Morgan fingerprint density at radius 1 is 1.25 bits per heavy atom. The minimum atomic E-state index is -0.442. The Bertz CT molecular complexity index is 507. The molecule has 0 bridgehead atoms. The highest BCUT2D eigenvalue weighted by molar-refractivity contribution is 9.10. The summed E-state index contributed by atoms with van der Waals surface area (Å²) in [5.41, 5.74) is 0. The Labute approximate surface area is 109 Å². The van der Waals surface area contributed by atoms with Crippen LogP contribution in [0.15, 0.2) is 45.1 Å². The van der Waals surface area contributed by atoms with Crippen molar-refractivity contribution >= 4 is 39.3 Å². The largest absolute Gasteiger partial charge is 0.248 e. The summed E-state index contributed by atoms with van der Waals surface area (Å²) in [5, 5.41) is 1.22. The van der Waals surface area contributed by atoms with Crippen molar-refractivity contribution in [2.24, 2.45) is 0 Å². The maximum absolute atomic E-state index is 13.4. The monoisotopic (exact) mass is 318 g/mol. The molecule has 2 aromatic heterocycles. The summed E-state index contributed by atoms with van der Waals surface area (Å²) < 4.78 is 14.3. The molecule has 0 saturated heterocycles. The molecule has 0 aliphatic rings. The molecule has 0 amide bonds. The van der Waals surface area contributed by atoms with Crippen molar-refractivity contribution in [3.63, 3.8) is 0 Å². The molecule has 0 radical (unpaired) electrons. The second-order valence-corrected chi connectivity index (χ2v) is 5.22. The highest BCUT2D eigenvalue weighted by atomic mass is 79.9. The van der Waals surface area contributed by atoms with E-state index in [1.807, 2.05) is 6.07 Å². The molecule has 0 aliphatic carbocycles. The zero-order valence-corrected chi connectivity index (χ0v) is 11.0. The molecule has 0 N–H and O–H groups in total. The maximum atomic E-state index is 13.4. The van der Waals surface area contributed by atoms with Crippen LogP contribution >= 0.6 is 39.3 Å². The zero-order chi connectivity index (χ0) is 11.5. The summed E-state index contributed by atoms with van der Waals surface area (Å²) in [6.07, 6.45) is 3.06. The number of rotatable bonds is 2. The van der Waals surface area contributed by atoms with Crippen molar-refractivity contribution in [3.05, 3.63) is 45.9 Å². The summed E-state index contributed by atoms with van der Waals surface area (Å²) in [6.45, 7) is 0. The van der Waals surface area contributed by atoms with Crippen LogP contribution in [0.25, 0.3) is 0 Å². The van der Waals surface area contributed by atoms with Crippen molar-refractivity contribution in [1.29, 1.82) is 0 Å². The Kier molecular flexibility index (Phi) is 3.78. The first kappa shape index (κ1) is 11.8. The Hall–Kier alpha value is -0.650. The van der Waals surface area contributed by atoms with Crippen LogP contribution in [0.3, 0.4) is 0 Å². The van der Waals surface area contributed by atoms with Gasteiger partial charge in [-0.05, 0) is 45.9 Å². The second-order valence-electron chi connectivity index (χ2n) is 2.86. The van der Waals surface area contributed by atoms with Gasteiger partial charge in [0.2, 0.25) is 0 Å². The van der Waals surface area contributed by atoms with Gasteiger partial charge in [-0.15, -0.1) is 0 Å². The van der Waals surface area contributed by atoms with Crippen molar-refractivity contribution < 1.29 is 4.39 Å². The van der Waals surface area contributed by atoms with E-state index < -0.39 is 5.82 Å². The van der Waals surface area contributed by atoms with Crippen molar-refractivity contribution in [1.82, 2.24) is 9.97 Å². The molecule has 0 fully saturated rings. The third-order valence-electron chi connectivity index (χ3n) is 1.68. The van der Waals surface area contributed by atoms with Crippen LogP contribution < -0.4 is 0 Å². The highest BCUT2D eigenvalue weighted by Crippen LogP contribution is 2.28. The fourth-order valence-electron chi connectivity index (χ4n) is 0.999. The Balaban J connectivity index is 2.23. The fraction of sp³-hybridized carbons (Fsp3) is 0. The van der Waals surface area contributed by atoms with Gasteiger partial charge in [-0.1, -0.05) is 11.6 Å². The van der Waals surface area contributed by atoms with Gasteiger partial charge in [-0.2, -0.15) is 0 Å². The van der Waals surface area contributed by atoms with Crippen LogP contribution in [-0.2, 0) is 0 Å². The molecule has 0 unspecified atom stereocenters. The minimum absolute atomic E-state index is 0.263. The molecule has 2 aromatic rings. The SMILES string of the molecule is Fc1cc(Cl)cnc1Sc1ccc(Br)cn1. The number of nitrogens with zero attached hydrogens (tertiary/aromatic N) is 2. The van der Waals surface area contributed by atoms with Gasteiger partial charge in [0.05, 0.1) is 5.02 Å². The number of halogens is 3. The van der Waals surface area contributed by atoms with E-state index in [1.54, 1.807) is 12.3 Å². The van der Waals surface area contributed by atoms with Gasteiger partial charge in [0.1, 0.15) is 10.1 Å². The lowest BCUT2D eigenvalue weighted by Gasteiger charge is -2.01. The number of aromatic nitrogens is 2. The lowest BCUT2D eigenvalue weighted by Crippen LogP contribution is -1.87. The van der Waals surface area contributed by atoms with E-state index in [9.17, 15) is 4.39 Å². The maximum Gasteiger partial charge on any atom is 0.157 e. The van der Waals surface area contributed by atoms with Crippen molar-refractivity contribution in [3.8, 4) is 0 Å². The lowest BCUT2D eigenvalue weighted by molar-refractivity contribution is 0.588. The Morgan fingerprint density at radius 3 is 2.69 bits per heavy atom. The summed E-state index contributed by atoms with van der Waals surface area (Å²) in [4.78, 5) is 8.01. The predicted octanol–water partition coefficient (Wildman–Crippen LogP) is 4.18. The van der Waals surface area contributed by atoms with Gasteiger partial charge >= 0.3 is 0 Å². The van der Waals surface area contributed by atoms with Crippen molar-refractivity contribution in [2.45, 2.75) is 10.1 Å². The molecule has 82 valence electrons. The van der Waals surface area contributed by atoms with E-state index in [0.717, 1.165) is 16.2 Å². The third kappa shape index (κ3) is 2.93. The second kappa shape index (κ2) is 5.12. The van der Waals surface area contributed by atoms with E-state index in [-0.39, 0.29) is 10.0 Å². The average molecular weight is 320 g/mol. The molecule has 0 saturated carbocycles. The van der Waals surface area contributed by atoms with E-state index >= 15 is 0 Å². The van der Waals surface area contributed by atoms with Gasteiger partial charge in [0.25, 0.3) is 0 Å². The van der Waals surface area contributed by atoms with E-state index in [1.165, 1.54) is 12.3 Å². The standard InChI is InChI=1S/C10H5BrClFN2S/c11-6-1-2-9(14-4-6)16-10-8(13)3-7(12)5-15-10/h1-5H. The summed E-state index contributed by atoms with van der Waals surface area (Å²) >= 11 is 10.0. The molecular weight excluding hydrogens is 315 g/mol. The van der Waals surface area contributed by atoms with Crippen LogP contribution in [0.1, 0.15) is 0 Å². The normalized spacial score (nSPS) is 10.4. The molecule has 0 aliphatic heterocycles. The van der Waals surface area contributed by atoms with Gasteiger partial charge in [-0.3, -0.25) is 0 Å². The Morgan fingerprint density at radius 2 is 2.06 bits per heavy atom. The summed E-state index contributed by atoms with van der Waals surface area (Å²) in [7, 11) is 0. The molecule has 16 heavy (non-hydrogen) atoms. The number of hydrogen-bond donors (Lipinski definition) is 0. The molecule has 0 spiro atoms. The smallest absolute Gasteiger partial charge is 0.157 e. The minimum Gasteiger partial charge on any atom is -0.248 e. The van der Waals surface area contributed by atoms with E-state index in [2.05, 4.69) is 25.9 Å². The number of hydrogen-bond acceptors (Lipinski definition) is 3. The molecule has 0 atom stereocenters. The molecular formula is C10H5BrClFN2S. The quantitative estimate of drug-likeness (QED) is 0.830. The van der Waals surface area contributed by atoms with Gasteiger partial charge in [-0.25, -0.2) is 14.4 Å². The van der Waals surface area contributed by atoms with Gasteiger partial charge in [0.15, 0.2) is 5.82 Å². The molecule has 2 nitrogen and oxygen atoms in total. The van der Waals surface area contributed by atoms with E-state index in [4.69, 9.17) is 11.6 Å². The fourth-order valence-corrected chi connectivity index (χ4v) is 2.08. The average Bonchev–Trinajstić information content (AvgIpc) is 2.25. The summed E-state index contributed by atoms with van der Waals surface area (Å²) in [6, 6.07) is 4.85. The van der Waals surface area contributed by atoms with Crippen LogP contribution in [-0.4, -0.2) is 9.97 Å². The van der Waals surface area contributed by atoms with Crippen molar-refractivity contribution in [2.75, 3.05) is 0 Å². The lowest BCUT2D eigenvalue weighted by atomic mass is 10.5. The van der Waals surface area contributed by atoms with Crippen LogP contribution in [0, 0.1) is 5.82 Å². The van der Waals surface area contributed by atoms with Crippen LogP contribution in [0.5, 0.6) is 0 Å². The van der Waals surface area contributed by atoms with Crippen LogP contribution in [0.4, 0.5) is 4.39 Å². The topological polar surface area (TPSA) is 25.8 Å². The summed E-state index contributed by atoms with van der Waals surface area (Å²) in [5.74, 6) is -0.442. The zero-order valence-electron chi connectivity index (χ0n) is 7.82.